The van der Waals surface area contributed by atoms with Gasteiger partial charge in [-0.3, -0.25) is 9.59 Å². The van der Waals surface area contributed by atoms with Crippen LogP contribution in [0.25, 0.3) is 0 Å². The number of carbonyl (C=O) groups is 2. The van der Waals surface area contributed by atoms with Crippen LogP contribution >= 0.6 is 0 Å². The molecule has 0 amide bonds. The van der Waals surface area contributed by atoms with Crippen molar-refractivity contribution >= 4 is 11.9 Å². The third-order valence-electron chi connectivity index (χ3n) is 3.58. The van der Waals surface area contributed by atoms with Crippen molar-refractivity contribution in [3.8, 4) is 5.75 Å². The Kier molecular flexibility index (Phi) is 10.5. The molecule has 0 saturated carbocycles. The van der Waals surface area contributed by atoms with Crippen molar-refractivity contribution in [3.05, 3.63) is 30.1 Å². The van der Waals surface area contributed by atoms with E-state index < -0.39 is 11.8 Å². The van der Waals surface area contributed by atoms with E-state index >= 15 is 0 Å². The summed E-state index contributed by atoms with van der Waals surface area (Å²) in [7, 11) is 0. The molecule has 24 heavy (non-hydrogen) atoms. The van der Waals surface area contributed by atoms with Gasteiger partial charge in [-0.15, -0.1) is 0 Å². The number of unbranched alkanes of at least 4 members (excludes halogenated alkanes) is 5. The Morgan fingerprint density at radius 1 is 0.917 bits per heavy atom. The number of rotatable bonds is 12. The van der Waals surface area contributed by atoms with Gasteiger partial charge in [-0.2, -0.15) is 0 Å². The lowest BCUT2D eigenvalue weighted by Gasteiger charge is -2.06. The van der Waals surface area contributed by atoms with Gasteiger partial charge < -0.3 is 9.47 Å². The summed E-state index contributed by atoms with van der Waals surface area (Å²) in [6.45, 7) is 2.61. The Morgan fingerprint density at radius 3 is 2.33 bits per heavy atom. The molecular formula is C19H27FO4. The van der Waals surface area contributed by atoms with Gasteiger partial charge in [0.1, 0.15) is 0 Å². The lowest BCUT2D eigenvalue weighted by Crippen LogP contribution is -2.11. The molecule has 1 aromatic rings. The highest BCUT2D eigenvalue weighted by atomic mass is 19.1. The van der Waals surface area contributed by atoms with E-state index in [0.717, 1.165) is 12.8 Å². The van der Waals surface area contributed by atoms with E-state index in [1.165, 1.54) is 43.9 Å². The van der Waals surface area contributed by atoms with Crippen molar-refractivity contribution in [1.82, 2.24) is 0 Å². The molecule has 5 heteroatoms. The molecule has 0 aliphatic heterocycles. The zero-order chi connectivity index (χ0) is 17.6. The maximum atomic E-state index is 13.3. The molecule has 0 aliphatic rings. The predicted octanol–water partition coefficient (Wildman–Crippen LogP) is 4.81. The van der Waals surface area contributed by atoms with Crippen LogP contribution in [-0.2, 0) is 14.3 Å². The molecule has 0 spiro atoms. The predicted molar refractivity (Wildman–Crippen MR) is 90.2 cm³/mol. The Bertz CT molecular complexity index is 502. The van der Waals surface area contributed by atoms with E-state index in [2.05, 4.69) is 6.92 Å². The van der Waals surface area contributed by atoms with E-state index in [9.17, 15) is 14.0 Å². The van der Waals surface area contributed by atoms with E-state index in [1.807, 2.05) is 0 Å². The summed E-state index contributed by atoms with van der Waals surface area (Å²) >= 11 is 0. The number of para-hydroxylation sites is 1. The number of ether oxygens (including phenoxy) is 2. The minimum absolute atomic E-state index is 0.0560. The van der Waals surface area contributed by atoms with Crippen molar-refractivity contribution in [2.45, 2.75) is 64.7 Å². The smallest absolute Gasteiger partial charge is 0.311 e. The second-order valence-corrected chi connectivity index (χ2v) is 5.75. The molecule has 0 saturated heterocycles. The standard InChI is InChI=1S/C19H27FO4/c1-2-3-4-5-6-9-15-23-18(21)13-10-14-19(22)24-17-12-8-7-11-16(17)20/h7-8,11-12H,2-6,9-10,13-15H2,1H3. The van der Waals surface area contributed by atoms with E-state index in [0.29, 0.717) is 13.0 Å². The van der Waals surface area contributed by atoms with Crippen LogP contribution in [0.4, 0.5) is 4.39 Å². The summed E-state index contributed by atoms with van der Waals surface area (Å²) in [5, 5.41) is 0. The molecular weight excluding hydrogens is 311 g/mol. The number of hydrogen-bond acceptors (Lipinski definition) is 4. The lowest BCUT2D eigenvalue weighted by atomic mass is 10.1. The van der Waals surface area contributed by atoms with Gasteiger partial charge in [0.2, 0.25) is 0 Å². The maximum Gasteiger partial charge on any atom is 0.311 e. The van der Waals surface area contributed by atoms with E-state index in [4.69, 9.17) is 9.47 Å². The minimum Gasteiger partial charge on any atom is -0.466 e. The first-order chi connectivity index (χ1) is 11.6. The number of halogens is 1. The Labute approximate surface area is 143 Å². The monoisotopic (exact) mass is 338 g/mol. The molecule has 0 N–H and O–H groups in total. The minimum atomic E-state index is -0.579. The van der Waals surface area contributed by atoms with Crippen LogP contribution in [-0.4, -0.2) is 18.5 Å². The molecule has 0 fully saturated rings. The fraction of sp³-hybridized carbons (Fsp3) is 0.579. The summed E-state index contributed by atoms with van der Waals surface area (Å²) in [4.78, 5) is 23.1. The van der Waals surface area contributed by atoms with Gasteiger partial charge in [-0.1, -0.05) is 51.2 Å². The summed E-state index contributed by atoms with van der Waals surface area (Å²) in [6.07, 6.45) is 7.39. The van der Waals surface area contributed by atoms with Crippen LogP contribution in [0.15, 0.2) is 24.3 Å². The Balaban J connectivity index is 2.04. The first-order valence-electron chi connectivity index (χ1n) is 8.74. The molecule has 0 heterocycles. The third-order valence-corrected chi connectivity index (χ3v) is 3.58. The van der Waals surface area contributed by atoms with Gasteiger partial charge in [0.05, 0.1) is 6.61 Å². The second-order valence-electron chi connectivity index (χ2n) is 5.75. The SMILES string of the molecule is CCCCCCCCOC(=O)CCCC(=O)Oc1ccccc1F. The number of carbonyl (C=O) groups excluding carboxylic acids is 2. The lowest BCUT2D eigenvalue weighted by molar-refractivity contribution is -0.144. The number of esters is 2. The van der Waals surface area contributed by atoms with Gasteiger partial charge in [-0.25, -0.2) is 4.39 Å². The van der Waals surface area contributed by atoms with Gasteiger partial charge >= 0.3 is 11.9 Å². The largest absolute Gasteiger partial charge is 0.466 e. The van der Waals surface area contributed by atoms with Gasteiger partial charge in [0, 0.05) is 12.8 Å². The molecule has 1 aromatic carbocycles. The highest BCUT2D eigenvalue weighted by Crippen LogP contribution is 2.16. The van der Waals surface area contributed by atoms with Crippen molar-refractivity contribution in [1.29, 1.82) is 0 Å². The van der Waals surface area contributed by atoms with Crippen molar-refractivity contribution in [3.63, 3.8) is 0 Å². The zero-order valence-corrected chi connectivity index (χ0v) is 14.4. The Morgan fingerprint density at radius 2 is 1.58 bits per heavy atom. The van der Waals surface area contributed by atoms with E-state index in [1.54, 1.807) is 6.07 Å². The average molecular weight is 338 g/mol. The van der Waals surface area contributed by atoms with Crippen molar-refractivity contribution in [2.75, 3.05) is 6.61 Å². The highest BCUT2D eigenvalue weighted by molar-refractivity contribution is 5.74. The highest BCUT2D eigenvalue weighted by Gasteiger charge is 2.10. The summed E-state index contributed by atoms with van der Waals surface area (Å²) in [5.41, 5.74) is 0. The van der Waals surface area contributed by atoms with Gasteiger partial charge in [-0.05, 0) is 25.0 Å². The molecule has 0 aliphatic carbocycles. The van der Waals surface area contributed by atoms with Crippen LogP contribution < -0.4 is 4.74 Å². The number of benzene rings is 1. The first-order valence-corrected chi connectivity index (χ1v) is 8.74. The molecule has 0 unspecified atom stereocenters. The van der Waals surface area contributed by atoms with Gasteiger partial charge in [0.15, 0.2) is 11.6 Å². The van der Waals surface area contributed by atoms with E-state index in [-0.39, 0.29) is 24.6 Å². The molecule has 0 radical (unpaired) electrons. The summed E-state index contributed by atoms with van der Waals surface area (Å²) in [6, 6.07) is 5.72. The van der Waals surface area contributed by atoms with Crippen LogP contribution in [0.5, 0.6) is 5.75 Å². The quantitative estimate of drug-likeness (QED) is 0.312. The van der Waals surface area contributed by atoms with Gasteiger partial charge in [0.25, 0.3) is 0 Å². The fourth-order valence-electron chi connectivity index (χ4n) is 2.22. The number of hydrogen-bond donors (Lipinski definition) is 0. The molecule has 0 bridgehead atoms. The van der Waals surface area contributed by atoms with Crippen molar-refractivity contribution in [2.24, 2.45) is 0 Å². The van der Waals surface area contributed by atoms with Crippen LogP contribution in [0, 0.1) is 5.82 Å². The molecule has 0 aromatic heterocycles. The zero-order valence-electron chi connectivity index (χ0n) is 14.4. The second kappa shape index (κ2) is 12.5. The molecule has 0 atom stereocenters. The van der Waals surface area contributed by atoms with Crippen LogP contribution in [0.2, 0.25) is 0 Å². The normalized spacial score (nSPS) is 10.4. The van der Waals surface area contributed by atoms with Crippen LogP contribution in [0.3, 0.4) is 0 Å². The first kappa shape index (κ1) is 20.1. The summed E-state index contributed by atoms with van der Waals surface area (Å²) in [5.74, 6) is -1.52. The topological polar surface area (TPSA) is 52.6 Å². The summed E-state index contributed by atoms with van der Waals surface area (Å²) < 4.78 is 23.3. The third kappa shape index (κ3) is 9.28. The molecule has 1 rings (SSSR count). The van der Waals surface area contributed by atoms with Crippen molar-refractivity contribution < 1.29 is 23.5 Å². The Hall–Kier alpha value is -1.91. The fourth-order valence-corrected chi connectivity index (χ4v) is 2.22. The average Bonchev–Trinajstić information content (AvgIpc) is 2.56. The molecule has 134 valence electrons. The maximum absolute atomic E-state index is 13.3. The van der Waals surface area contributed by atoms with Crippen LogP contribution in [0.1, 0.15) is 64.7 Å². The molecule has 4 nitrogen and oxygen atoms in total.